The molecule has 0 spiro atoms. The Bertz CT molecular complexity index is 505. The van der Waals surface area contributed by atoms with Crippen molar-refractivity contribution in [3.05, 3.63) is 29.8 Å². The molecule has 0 aromatic heterocycles. The second-order valence-electron chi connectivity index (χ2n) is 5.09. The lowest BCUT2D eigenvalue weighted by atomic mass is 10.1. The molecule has 0 aliphatic carbocycles. The Balaban J connectivity index is 2.02. The van der Waals surface area contributed by atoms with E-state index >= 15 is 0 Å². The van der Waals surface area contributed by atoms with Gasteiger partial charge in [0, 0.05) is 12.2 Å². The molecule has 0 unspecified atom stereocenters. The number of benzene rings is 1. The largest absolute Gasteiger partial charge is 0.394 e. The third-order valence-corrected chi connectivity index (χ3v) is 3.43. The van der Waals surface area contributed by atoms with Gasteiger partial charge in [-0.05, 0) is 30.5 Å². The molecule has 0 bridgehead atoms. The van der Waals surface area contributed by atoms with Crippen molar-refractivity contribution in [2.45, 2.75) is 31.5 Å². The minimum absolute atomic E-state index is 0.0976. The average Bonchev–Trinajstić information content (AvgIpc) is 2.85. The average molecular weight is 302 g/mol. The highest BCUT2D eigenvalue weighted by molar-refractivity contribution is 5.89. The Hall–Kier alpha value is -1.76. The monoisotopic (exact) mass is 302 g/mol. The van der Waals surface area contributed by atoms with Crippen LogP contribution in [0.4, 0.5) is 23.7 Å². The molecule has 4 nitrogen and oxygen atoms in total. The molecule has 1 aromatic rings. The summed E-state index contributed by atoms with van der Waals surface area (Å²) in [5.74, 6) is 0. The van der Waals surface area contributed by atoms with Crippen LogP contribution >= 0.6 is 0 Å². The molecule has 1 saturated heterocycles. The molecular formula is C14H17F3N2O2. The molecule has 1 aliphatic rings. The molecule has 1 aromatic carbocycles. The number of likely N-dealkylation sites (tertiary alicyclic amines) is 1. The normalized spacial score (nSPS) is 18.9. The summed E-state index contributed by atoms with van der Waals surface area (Å²) in [6.07, 6.45) is -3.76. The van der Waals surface area contributed by atoms with E-state index in [1.165, 1.54) is 23.1 Å². The van der Waals surface area contributed by atoms with Gasteiger partial charge in [0.2, 0.25) is 0 Å². The first kappa shape index (κ1) is 15.6. The van der Waals surface area contributed by atoms with E-state index in [2.05, 4.69) is 5.32 Å². The summed E-state index contributed by atoms with van der Waals surface area (Å²) in [6, 6.07) is 5.09. The van der Waals surface area contributed by atoms with Crippen molar-refractivity contribution in [1.29, 1.82) is 0 Å². The maximum Gasteiger partial charge on any atom is 0.393 e. The summed E-state index contributed by atoms with van der Waals surface area (Å²) in [4.78, 5) is 13.6. The summed E-state index contributed by atoms with van der Waals surface area (Å²) >= 11 is 0. The van der Waals surface area contributed by atoms with Gasteiger partial charge in [0.1, 0.15) is 0 Å². The van der Waals surface area contributed by atoms with E-state index in [9.17, 15) is 23.1 Å². The smallest absolute Gasteiger partial charge is 0.393 e. The lowest BCUT2D eigenvalue weighted by Gasteiger charge is -2.23. The van der Waals surface area contributed by atoms with Crippen LogP contribution in [0.3, 0.4) is 0 Å². The van der Waals surface area contributed by atoms with E-state index < -0.39 is 18.6 Å². The van der Waals surface area contributed by atoms with Crippen molar-refractivity contribution in [3.63, 3.8) is 0 Å². The number of urea groups is 1. The molecule has 2 rings (SSSR count). The molecule has 2 N–H and O–H groups in total. The van der Waals surface area contributed by atoms with Gasteiger partial charge in [0.05, 0.1) is 19.1 Å². The second-order valence-corrected chi connectivity index (χ2v) is 5.09. The Labute approximate surface area is 120 Å². The van der Waals surface area contributed by atoms with Crippen LogP contribution in [-0.2, 0) is 6.42 Å². The van der Waals surface area contributed by atoms with Crippen LogP contribution in [0.2, 0.25) is 0 Å². The number of hydrogen-bond donors (Lipinski definition) is 2. The molecule has 0 radical (unpaired) electrons. The van der Waals surface area contributed by atoms with Gasteiger partial charge in [-0.25, -0.2) is 4.79 Å². The van der Waals surface area contributed by atoms with Gasteiger partial charge >= 0.3 is 12.2 Å². The zero-order valence-electron chi connectivity index (χ0n) is 11.4. The number of hydrogen-bond acceptors (Lipinski definition) is 2. The van der Waals surface area contributed by atoms with Crippen LogP contribution < -0.4 is 5.32 Å². The first-order valence-corrected chi connectivity index (χ1v) is 6.73. The predicted molar refractivity (Wildman–Crippen MR) is 72.0 cm³/mol. The number of aliphatic hydroxyl groups is 1. The highest BCUT2D eigenvalue weighted by Crippen LogP contribution is 2.23. The number of anilines is 1. The Morgan fingerprint density at radius 2 is 2.19 bits per heavy atom. The fourth-order valence-corrected chi connectivity index (χ4v) is 2.48. The highest BCUT2D eigenvalue weighted by Gasteiger charge is 2.29. The van der Waals surface area contributed by atoms with Crippen LogP contribution in [-0.4, -0.2) is 41.4 Å². The minimum atomic E-state index is -4.28. The van der Waals surface area contributed by atoms with Crippen molar-refractivity contribution in [2.75, 3.05) is 18.5 Å². The van der Waals surface area contributed by atoms with Gasteiger partial charge in [-0.3, -0.25) is 0 Å². The van der Waals surface area contributed by atoms with Crippen molar-refractivity contribution >= 4 is 11.7 Å². The maximum atomic E-state index is 12.4. The van der Waals surface area contributed by atoms with E-state index in [0.717, 1.165) is 12.8 Å². The van der Waals surface area contributed by atoms with Crippen molar-refractivity contribution < 1.29 is 23.1 Å². The molecule has 7 heteroatoms. The number of nitrogens with one attached hydrogen (secondary N) is 1. The predicted octanol–water partition coefficient (Wildman–Crippen LogP) is 2.78. The topological polar surface area (TPSA) is 52.6 Å². The number of amides is 2. The molecular weight excluding hydrogens is 285 g/mol. The minimum Gasteiger partial charge on any atom is -0.394 e. The molecule has 1 fully saturated rings. The fourth-order valence-electron chi connectivity index (χ4n) is 2.48. The van der Waals surface area contributed by atoms with Crippen molar-refractivity contribution in [2.24, 2.45) is 0 Å². The van der Waals surface area contributed by atoms with Crippen LogP contribution in [0, 0.1) is 0 Å². The highest BCUT2D eigenvalue weighted by atomic mass is 19.4. The summed E-state index contributed by atoms with van der Waals surface area (Å²) in [5, 5.41) is 11.8. The molecule has 0 saturated carbocycles. The third kappa shape index (κ3) is 4.35. The van der Waals surface area contributed by atoms with Crippen LogP contribution in [0.25, 0.3) is 0 Å². The molecule has 1 heterocycles. The molecule has 2 amide bonds. The Kier molecular flexibility index (Phi) is 4.72. The van der Waals surface area contributed by atoms with Gasteiger partial charge < -0.3 is 15.3 Å². The van der Waals surface area contributed by atoms with Gasteiger partial charge in [-0.2, -0.15) is 13.2 Å². The maximum absolute atomic E-state index is 12.4. The van der Waals surface area contributed by atoms with Gasteiger partial charge in [-0.15, -0.1) is 0 Å². The lowest BCUT2D eigenvalue weighted by Crippen LogP contribution is -2.40. The second kappa shape index (κ2) is 6.34. The quantitative estimate of drug-likeness (QED) is 0.902. The number of aliphatic hydroxyl groups excluding tert-OH is 1. The van der Waals surface area contributed by atoms with Crippen LogP contribution in [0.5, 0.6) is 0 Å². The molecule has 1 aliphatic heterocycles. The van der Waals surface area contributed by atoms with E-state index in [1.807, 2.05) is 0 Å². The van der Waals surface area contributed by atoms with Gasteiger partial charge in [-0.1, -0.05) is 12.1 Å². The first-order valence-electron chi connectivity index (χ1n) is 6.73. The summed E-state index contributed by atoms with van der Waals surface area (Å²) < 4.78 is 37.1. The van der Waals surface area contributed by atoms with Gasteiger partial charge in [0.15, 0.2) is 0 Å². The molecule has 116 valence electrons. The standard InChI is InChI=1S/C14H17F3N2O2/c15-14(16,17)8-10-3-1-4-11(7-10)18-13(21)19-6-2-5-12(19)9-20/h1,3-4,7,12,20H,2,5-6,8-9H2,(H,18,21)/t12-/m1/s1. The van der Waals surface area contributed by atoms with Crippen molar-refractivity contribution in [3.8, 4) is 0 Å². The van der Waals surface area contributed by atoms with Crippen LogP contribution in [0.1, 0.15) is 18.4 Å². The Morgan fingerprint density at radius 1 is 1.43 bits per heavy atom. The first-order chi connectivity index (χ1) is 9.89. The number of carbonyl (C=O) groups is 1. The number of nitrogens with zero attached hydrogens (tertiary/aromatic N) is 1. The van der Waals surface area contributed by atoms with E-state index in [1.54, 1.807) is 6.07 Å². The zero-order chi connectivity index (χ0) is 15.5. The van der Waals surface area contributed by atoms with E-state index in [4.69, 9.17) is 0 Å². The number of alkyl halides is 3. The lowest BCUT2D eigenvalue weighted by molar-refractivity contribution is -0.127. The Morgan fingerprint density at radius 3 is 2.86 bits per heavy atom. The van der Waals surface area contributed by atoms with Crippen molar-refractivity contribution in [1.82, 2.24) is 4.90 Å². The fraction of sp³-hybridized carbons (Fsp3) is 0.500. The number of rotatable bonds is 3. The summed E-state index contributed by atoms with van der Waals surface area (Å²) in [6.45, 7) is 0.431. The number of carbonyl (C=O) groups excluding carboxylic acids is 1. The zero-order valence-corrected chi connectivity index (χ0v) is 11.4. The summed E-state index contributed by atoms with van der Waals surface area (Å²) in [7, 11) is 0. The molecule has 1 atom stereocenters. The third-order valence-electron chi connectivity index (χ3n) is 3.43. The number of halogens is 3. The van der Waals surface area contributed by atoms with E-state index in [0.29, 0.717) is 12.2 Å². The summed E-state index contributed by atoms with van der Waals surface area (Å²) in [5.41, 5.74) is 0.422. The van der Waals surface area contributed by atoms with Gasteiger partial charge in [0.25, 0.3) is 0 Å². The van der Waals surface area contributed by atoms with E-state index in [-0.39, 0.29) is 18.2 Å². The molecule has 21 heavy (non-hydrogen) atoms. The van der Waals surface area contributed by atoms with Crippen LogP contribution in [0.15, 0.2) is 24.3 Å². The SMILES string of the molecule is O=C(Nc1cccc(CC(F)(F)F)c1)N1CCC[C@@H]1CO.